The molecule has 0 radical (unpaired) electrons. The molecule has 0 atom stereocenters. The molecule has 1 aliphatic rings. The predicted molar refractivity (Wildman–Crippen MR) is 66.4 cm³/mol. The van der Waals surface area contributed by atoms with Crippen LogP contribution in [0, 0.1) is 0 Å². The summed E-state index contributed by atoms with van der Waals surface area (Å²) in [6, 6.07) is 3.04. The Balaban J connectivity index is 2.28. The second-order valence-corrected chi connectivity index (χ2v) is 6.67. The van der Waals surface area contributed by atoms with Crippen LogP contribution in [0.4, 0.5) is 0 Å². The topological polar surface area (TPSA) is 59.1 Å². The van der Waals surface area contributed by atoms with Crippen molar-refractivity contribution in [2.24, 2.45) is 0 Å². The Labute approximate surface area is 106 Å². The Morgan fingerprint density at radius 1 is 1.41 bits per heavy atom. The number of hydrogen-bond acceptors (Lipinski definition) is 3. The van der Waals surface area contributed by atoms with Crippen LogP contribution in [-0.4, -0.2) is 18.9 Å². The van der Waals surface area contributed by atoms with Crippen molar-refractivity contribution in [1.29, 1.82) is 0 Å². The maximum absolute atomic E-state index is 12.2. The summed E-state index contributed by atoms with van der Waals surface area (Å²) >= 11 is 5.81. The number of aromatic nitrogens is 1. The Morgan fingerprint density at radius 2 is 2.06 bits per heavy atom. The molecule has 1 aromatic rings. The fraction of sp³-hybridized carbons (Fsp3) is 0.545. The van der Waals surface area contributed by atoms with Crippen LogP contribution in [0.25, 0.3) is 0 Å². The van der Waals surface area contributed by atoms with Crippen molar-refractivity contribution < 1.29 is 8.42 Å². The van der Waals surface area contributed by atoms with Crippen molar-refractivity contribution in [2.75, 3.05) is 0 Å². The summed E-state index contributed by atoms with van der Waals surface area (Å²) in [5.74, 6) is 0. The van der Waals surface area contributed by atoms with E-state index in [9.17, 15) is 8.42 Å². The molecule has 0 spiro atoms. The summed E-state index contributed by atoms with van der Waals surface area (Å²) in [6.07, 6.45) is 5.31. The number of halogens is 1. The van der Waals surface area contributed by atoms with Crippen molar-refractivity contribution in [3.05, 3.63) is 23.5 Å². The van der Waals surface area contributed by atoms with Gasteiger partial charge in [0.15, 0.2) is 0 Å². The van der Waals surface area contributed by atoms with Gasteiger partial charge in [-0.1, -0.05) is 24.4 Å². The van der Waals surface area contributed by atoms with E-state index < -0.39 is 10.0 Å². The molecule has 94 valence electrons. The van der Waals surface area contributed by atoms with Gasteiger partial charge in [0.2, 0.25) is 10.0 Å². The molecular weight excluding hydrogens is 260 g/mol. The number of nitrogens with one attached hydrogen (secondary N) is 1. The highest BCUT2D eigenvalue weighted by molar-refractivity contribution is 7.89. The monoisotopic (exact) mass is 274 g/mol. The average molecular weight is 275 g/mol. The molecule has 0 bridgehead atoms. The predicted octanol–water partition coefficient (Wildman–Crippen LogP) is 2.35. The third kappa shape index (κ3) is 2.78. The van der Waals surface area contributed by atoms with Crippen LogP contribution in [0.15, 0.2) is 23.2 Å². The number of hydrogen-bond donors (Lipinski definition) is 1. The molecule has 6 heteroatoms. The highest BCUT2D eigenvalue weighted by Gasteiger charge is 2.34. The minimum atomic E-state index is -3.58. The van der Waals surface area contributed by atoms with Gasteiger partial charge < -0.3 is 0 Å². The SMILES string of the molecule is CC1(NS(=O)(=O)c2cccnc2Cl)CCCC1. The molecule has 1 aliphatic carbocycles. The van der Waals surface area contributed by atoms with E-state index in [1.165, 1.54) is 12.3 Å². The van der Waals surface area contributed by atoms with Crippen LogP contribution in [0.2, 0.25) is 5.15 Å². The molecule has 1 fully saturated rings. The molecule has 0 unspecified atom stereocenters. The van der Waals surface area contributed by atoms with Gasteiger partial charge in [0, 0.05) is 11.7 Å². The molecular formula is C11H15ClN2O2S. The van der Waals surface area contributed by atoms with Crippen LogP contribution in [0.5, 0.6) is 0 Å². The molecule has 1 N–H and O–H groups in total. The Bertz CT molecular complexity index is 510. The minimum Gasteiger partial charge on any atom is -0.243 e. The summed E-state index contributed by atoms with van der Waals surface area (Å²) < 4.78 is 27.1. The van der Waals surface area contributed by atoms with Crippen LogP contribution in [0.1, 0.15) is 32.6 Å². The van der Waals surface area contributed by atoms with Crippen LogP contribution in [-0.2, 0) is 10.0 Å². The van der Waals surface area contributed by atoms with E-state index in [4.69, 9.17) is 11.6 Å². The lowest BCUT2D eigenvalue weighted by Gasteiger charge is -2.24. The Hall–Kier alpha value is -0.650. The van der Waals surface area contributed by atoms with Gasteiger partial charge in [-0.25, -0.2) is 18.1 Å². The molecule has 1 saturated carbocycles. The lowest BCUT2D eigenvalue weighted by Crippen LogP contribution is -2.43. The van der Waals surface area contributed by atoms with E-state index in [1.807, 2.05) is 6.92 Å². The Morgan fingerprint density at radius 3 is 2.65 bits per heavy atom. The fourth-order valence-corrected chi connectivity index (χ4v) is 4.13. The number of nitrogens with zero attached hydrogens (tertiary/aromatic N) is 1. The fourth-order valence-electron chi connectivity index (χ4n) is 2.21. The largest absolute Gasteiger partial charge is 0.244 e. The van der Waals surface area contributed by atoms with Gasteiger partial charge >= 0.3 is 0 Å². The van der Waals surface area contributed by atoms with Crippen molar-refractivity contribution in [3.8, 4) is 0 Å². The zero-order valence-electron chi connectivity index (χ0n) is 9.61. The first kappa shape index (κ1) is 12.8. The van der Waals surface area contributed by atoms with E-state index in [2.05, 4.69) is 9.71 Å². The van der Waals surface area contributed by atoms with Gasteiger partial charge in [0.1, 0.15) is 10.0 Å². The van der Waals surface area contributed by atoms with E-state index in [0.717, 1.165) is 25.7 Å². The smallest absolute Gasteiger partial charge is 0.243 e. The number of rotatable bonds is 3. The summed E-state index contributed by atoms with van der Waals surface area (Å²) in [6.45, 7) is 1.93. The zero-order chi connectivity index (χ0) is 12.5. The number of pyridine rings is 1. The molecule has 1 heterocycles. The maximum Gasteiger partial charge on any atom is 0.244 e. The molecule has 0 aromatic carbocycles. The highest BCUT2D eigenvalue weighted by Crippen LogP contribution is 2.31. The van der Waals surface area contributed by atoms with E-state index >= 15 is 0 Å². The first-order valence-electron chi connectivity index (χ1n) is 5.57. The van der Waals surface area contributed by atoms with Gasteiger partial charge in [-0.3, -0.25) is 0 Å². The molecule has 1 aromatic heterocycles. The zero-order valence-corrected chi connectivity index (χ0v) is 11.2. The highest BCUT2D eigenvalue weighted by atomic mass is 35.5. The summed E-state index contributed by atoms with van der Waals surface area (Å²) in [7, 11) is -3.58. The minimum absolute atomic E-state index is 0.0154. The third-order valence-corrected chi connectivity index (χ3v) is 5.19. The molecule has 2 rings (SSSR count). The van der Waals surface area contributed by atoms with Gasteiger partial charge in [-0.2, -0.15) is 0 Å². The lowest BCUT2D eigenvalue weighted by molar-refractivity contribution is 0.427. The molecule has 4 nitrogen and oxygen atoms in total. The van der Waals surface area contributed by atoms with Crippen molar-refractivity contribution in [3.63, 3.8) is 0 Å². The van der Waals surface area contributed by atoms with Crippen molar-refractivity contribution >= 4 is 21.6 Å². The van der Waals surface area contributed by atoms with Gasteiger partial charge in [0.25, 0.3) is 0 Å². The van der Waals surface area contributed by atoms with Gasteiger partial charge in [-0.15, -0.1) is 0 Å². The van der Waals surface area contributed by atoms with Gasteiger partial charge in [0.05, 0.1) is 0 Å². The van der Waals surface area contributed by atoms with Crippen LogP contribution < -0.4 is 4.72 Å². The standard InChI is InChI=1S/C11H15ClN2O2S/c1-11(6-2-3-7-11)14-17(15,16)9-5-4-8-13-10(9)12/h4-5,8,14H,2-3,6-7H2,1H3. The average Bonchev–Trinajstić information content (AvgIpc) is 2.64. The van der Waals surface area contributed by atoms with Crippen molar-refractivity contribution in [1.82, 2.24) is 9.71 Å². The first-order valence-corrected chi connectivity index (χ1v) is 7.44. The van der Waals surface area contributed by atoms with E-state index in [1.54, 1.807) is 6.07 Å². The Kier molecular flexibility index (Phi) is 3.43. The molecule has 0 aliphatic heterocycles. The molecule has 17 heavy (non-hydrogen) atoms. The van der Waals surface area contributed by atoms with Crippen LogP contribution >= 0.6 is 11.6 Å². The summed E-state index contributed by atoms with van der Waals surface area (Å²) in [5.41, 5.74) is -0.349. The normalized spacial score (nSPS) is 19.4. The van der Waals surface area contributed by atoms with Crippen molar-refractivity contribution in [2.45, 2.75) is 43.0 Å². The number of sulfonamides is 1. The third-order valence-electron chi connectivity index (χ3n) is 3.10. The lowest BCUT2D eigenvalue weighted by atomic mass is 10.0. The summed E-state index contributed by atoms with van der Waals surface area (Å²) in [4.78, 5) is 3.84. The first-order chi connectivity index (χ1) is 7.93. The van der Waals surface area contributed by atoms with E-state index in [0.29, 0.717) is 0 Å². The summed E-state index contributed by atoms with van der Waals surface area (Å²) in [5, 5.41) is 0.0154. The van der Waals surface area contributed by atoms with E-state index in [-0.39, 0.29) is 15.6 Å². The quantitative estimate of drug-likeness (QED) is 0.861. The maximum atomic E-state index is 12.2. The second kappa shape index (κ2) is 4.55. The van der Waals surface area contributed by atoms with Gasteiger partial charge in [-0.05, 0) is 31.9 Å². The molecule has 0 saturated heterocycles. The van der Waals surface area contributed by atoms with Crippen LogP contribution in [0.3, 0.4) is 0 Å². The molecule has 0 amide bonds. The second-order valence-electron chi connectivity index (χ2n) is 4.67.